The topological polar surface area (TPSA) is 33.4 Å². The van der Waals surface area contributed by atoms with Crippen LogP contribution in [0, 0.1) is 0 Å². The second-order valence-electron chi connectivity index (χ2n) is 4.51. The molecule has 0 aliphatic heterocycles. The van der Waals surface area contributed by atoms with Crippen LogP contribution in [-0.2, 0) is 12.8 Å². The Bertz CT molecular complexity index is 392. The summed E-state index contributed by atoms with van der Waals surface area (Å²) in [5, 5.41) is 10.0. The van der Waals surface area contributed by atoms with Crippen molar-refractivity contribution < 1.29 is 9.52 Å². The third kappa shape index (κ3) is 4.82. The molecule has 100 valence electrons. The largest absolute Gasteiger partial charge is 0.481 e. The third-order valence-electron chi connectivity index (χ3n) is 3.00. The van der Waals surface area contributed by atoms with E-state index in [2.05, 4.69) is 19.9 Å². The van der Waals surface area contributed by atoms with E-state index < -0.39 is 0 Å². The fraction of sp³-hybridized carbons (Fsp3) is 0.500. The Hall–Kier alpha value is -1.44. The number of unbranched alkanes of at least 4 members (excludes halogenated alkanes) is 2. The van der Waals surface area contributed by atoms with E-state index in [0.717, 1.165) is 44.1 Å². The number of aryl methyl sites for hydroxylation is 1. The fourth-order valence-electron chi connectivity index (χ4n) is 1.92. The Kier molecular flexibility index (Phi) is 7.00. The van der Waals surface area contributed by atoms with Gasteiger partial charge in [0.05, 0.1) is 6.26 Å². The van der Waals surface area contributed by atoms with Crippen LogP contribution >= 0.6 is 0 Å². The van der Waals surface area contributed by atoms with Crippen molar-refractivity contribution in [2.75, 3.05) is 0 Å². The summed E-state index contributed by atoms with van der Waals surface area (Å²) in [4.78, 5) is 0. The van der Waals surface area contributed by atoms with Gasteiger partial charge in [0.25, 0.3) is 5.95 Å². The maximum atomic E-state index is 10.0. The Morgan fingerprint density at radius 3 is 2.44 bits per heavy atom. The summed E-state index contributed by atoms with van der Waals surface area (Å²) in [5.41, 5.74) is 2.16. The molecular weight excluding hydrogens is 224 g/mol. The summed E-state index contributed by atoms with van der Waals surface area (Å²) in [7, 11) is 0. The van der Waals surface area contributed by atoms with Crippen LogP contribution in [0.2, 0.25) is 0 Å². The van der Waals surface area contributed by atoms with E-state index in [1.54, 1.807) is 6.07 Å². The monoisotopic (exact) mass is 248 g/mol. The van der Waals surface area contributed by atoms with Gasteiger partial charge in [-0.25, -0.2) is 0 Å². The predicted molar refractivity (Wildman–Crippen MR) is 75.2 cm³/mol. The molecule has 0 radical (unpaired) electrons. The molecule has 0 aliphatic rings. The van der Waals surface area contributed by atoms with Gasteiger partial charge in [0.2, 0.25) is 0 Å². The molecule has 0 atom stereocenters. The van der Waals surface area contributed by atoms with Crippen LogP contribution in [-0.4, -0.2) is 5.11 Å². The van der Waals surface area contributed by atoms with Gasteiger partial charge < -0.3 is 9.52 Å². The van der Waals surface area contributed by atoms with E-state index in [1.807, 2.05) is 12.1 Å². The van der Waals surface area contributed by atoms with Crippen LogP contribution in [0.5, 0.6) is 5.95 Å². The first-order chi connectivity index (χ1) is 8.79. The van der Waals surface area contributed by atoms with E-state index in [9.17, 15) is 5.11 Å². The lowest BCUT2D eigenvalue weighted by molar-refractivity contribution is 0.318. The van der Waals surface area contributed by atoms with Crippen molar-refractivity contribution in [1.29, 1.82) is 0 Å². The third-order valence-corrected chi connectivity index (χ3v) is 3.00. The quantitative estimate of drug-likeness (QED) is 0.784. The summed E-state index contributed by atoms with van der Waals surface area (Å²) in [6.45, 7) is 4.34. The minimum absolute atomic E-state index is 0.0609. The van der Waals surface area contributed by atoms with Crippen molar-refractivity contribution in [2.45, 2.75) is 52.4 Å². The van der Waals surface area contributed by atoms with Gasteiger partial charge in [-0.3, -0.25) is 0 Å². The number of aromatic hydroxyl groups is 1. The normalized spacial score (nSPS) is 10.1. The minimum atomic E-state index is 0.0609. The van der Waals surface area contributed by atoms with Crippen molar-refractivity contribution in [2.24, 2.45) is 0 Å². The van der Waals surface area contributed by atoms with Crippen LogP contribution in [0.15, 0.2) is 34.9 Å². The van der Waals surface area contributed by atoms with Crippen molar-refractivity contribution in [1.82, 2.24) is 0 Å². The van der Waals surface area contributed by atoms with E-state index >= 15 is 0 Å². The SMILES string of the molecule is CCCCc1cccccoc(O)c1CCCC. The first-order valence-electron chi connectivity index (χ1n) is 6.91. The minimum Gasteiger partial charge on any atom is -0.481 e. The molecule has 0 unspecified atom stereocenters. The predicted octanol–water partition coefficient (Wildman–Crippen LogP) is 4.79. The average molecular weight is 248 g/mol. The Balaban J connectivity index is 3.16. The summed E-state index contributed by atoms with van der Waals surface area (Å²) in [5.74, 6) is 0.0609. The molecule has 1 rings (SSSR count). The molecule has 1 heterocycles. The molecule has 1 aromatic rings. The van der Waals surface area contributed by atoms with Gasteiger partial charge in [0.1, 0.15) is 0 Å². The molecule has 18 heavy (non-hydrogen) atoms. The van der Waals surface area contributed by atoms with Gasteiger partial charge >= 0.3 is 0 Å². The molecule has 1 aromatic heterocycles. The van der Waals surface area contributed by atoms with Crippen molar-refractivity contribution in [3.05, 3.63) is 41.7 Å². The smallest absolute Gasteiger partial charge is 0.285 e. The van der Waals surface area contributed by atoms with Crippen molar-refractivity contribution in [3.63, 3.8) is 0 Å². The number of rotatable bonds is 6. The highest BCUT2D eigenvalue weighted by atomic mass is 16.5. The molecular formula is C16H24O2. The second-order valence-corrected chi connectivity index (χ2v) is 4.51. The van der Waals surface area contributed by atoms with Crippen molar-refractivity contribution in [3.8, 4) is 5.95 Å². The molecule has 0 aliphatic carbocycles. The van der Waals surface area contributed by atoms with E-state index in [1.165, 1.54) is 11.8 Å². The van der Waals surface area contributed by atoms with Gasteiger partial charge in [-0.2, -0.15) is 0 Å². The zero-order chi connectivity index (χ0) is 13.2. The van der Waals surface area contributed by atoms with Crippen LogP contribution in [0.3, 0.4) is 0 Å². The van der Waals surface area contributed by atoms with Crippen LogP contribution in [0.4, 0.5) is 0 Å². The molecule has 0 fully saturated rings. The summed E-state index contributed by atoms with van der Waals surface area (Å²) < 4.78 is 5.25. The summed E-state index contributed by atoms with van der Waals surface area (Å²) >= 11 is 0. The van der Waals surface area contributed by atoms with Crippen LogP contribution < -0.4 is 0 Å². The molecule has 0 saturated carbocycles. The first kappa shape index (κ1) is 14.6. The molecule has 1 N–H and O–H groups in total. The standard InChI is InChI=1S/C16H24O2/c1-3-5-10-14-11-8-7-9-13-18-16(17)15(14)12-6-4-2/h7-9,11,13,17H,3-6,10,12H2,1-2H3. The van der Waals surface area contributed by atoms with Gasteiger partial charge in [-0.05, 0) is 37.3 Å². The Morgan fingerprint density at radius 1 is 1.00 bits per heavy atom. The molecule has 0 saturated heterocycles. The molecule has 0 aromatic carbocycles. The number of hydrogen-bond acceptors (Lipinski definition) is 2. The highest BCUT2D eigenvalue weighted by Crippen LogP contribution is 2.22. The van der Waals surface area contributed by atoms with Gasteiger partial charge in [0, 0.05) is 5.56 Å². The molecule has 2 nitrogen and oxygen atoms in total. The van der Waals surface area contributed by atoms with Gasteiger partial charge in [-0.1, -0.05) is 44.9 Å². The average Bonchev–Trinajstić information content (AvgIpc) is 2.46. The summed E-state index contributed by atoms with van der Waals surface area (Å²) in [6.07, 6.45) is 7.86. The van der Waals surface area contributed by atoms with E-state index in [0.29, 0.717) is 0 Å². The fourth-order valence-corrected chi connectivity index (χ4v) is 1.92. The lowest BCUT2D eigenvalue weighted by atomic mass is 10.0. The van der Waals surface area contributed by atoms with Gasteiger partial charge in [-0.15, -0.1) is 0 Å². The van der Waals surface area contributed by atoms with E-state index in [4.69, 9.17) is 4.42 Å². The molecule has 0 amide bonds. The van der Waals surface area contributed by atoms with Crippen LogP contribution in [0.1, 0.15) is 50.7 Å². The zero-order valence-electron chi connectivity index (χ0n) is 11.5. The van der Waals surface area contributed by atoms with Crippen molar-refractivity contribution >= 4 is 0 Å². The van der Waals surface area contributed by atoms with E-state index in [-0.39, 0.29) is 5.95 Å². The number of hydrogen-bond donors (Lipinski definition) is 1. The zero-order valence-corrected chi connectivity index (χ0v) is 11.5. The molecule has 0 spiro atoms. The Labute approximate surface area is 110 Å². The highest BCUT2D eigenvalue weighted by Gasteiger charge is 2.06. The highest BCUT2D eigenvalue weighted by molar-refractivity contribution is 5.30. The maximum Gasteiger partial charge on any atom is 0.285 e. The lowest BCUT2D eigenvalue weighted by Crippen LogP contribution is -1.93. The summed E-state index contributed by atoms with van der Waals surface area (Å²) in [6, 6.07) is 7.81. The maximum absolute atomic E-state index is 10.0. The van der Waals surface area contributed by atoms with Crippen LogP contribution in [0.25, 0.3) is 0 Å². The Morgan fingerprint density at radius 2 is 1.72 bits per heavy atom. The molecule has 2 heteroatoms. The second kappa shape index (κ2) is 8.62. The first-order valence-corrected chi connectivity index (χ1v) is 6.91. The lowest BCUT2D eigenvalue weighted by Gasteiger charge is -2.07. The molecule has 0 bridgehead atoms. The van der Waals surface area contributed by atoms with Gasteiger partial charge in [0.15, 0.2) is 0 Å².